The molecule has 2 N–H and O–H groups in total. The molecule has 4 saturated carbocycles. The molecule has 1 unspecified atom stereocenters. The highest BCUT2D eigenvalue weighted by Crippen LogP contribution is 2.61. The van der Waals surface area contributed by atoms with E-state index in [2.05, 4.69) is 32.2 Å². The van der Waals surface area contributed by atoms with E-state index in [0.717, 1.165) is 50.5 Å². The molecule has 2 aliphatic heterocycles. The number of allylic oxidation sites excluding steroid dienone is 1. The molecule has 46 heavy (non-hydrogen) atoms. The standard InChI is InChI=1S/C38H49NO7/c1-36(2)21-28-24(8-13-32-37(3,45-32)15-14-29(28)36)18-22-4-6-23(7-5-22)35(42)43-30-19-25(34(41)39-16-17-40)20-31-33(30)46-38(44-31,26-9-10-26)27-11-12-27/h4-7,18,20,26-33,40H,8-17,19,21H2,1-3H3,(H,39,41)/t28-,29-,30-,31-,32?,33+,37-/m1/s1. The first-order valence-electron chi connectivity index (χ1n) is 17.7. The average Bonchev–Trinajstić information content (AvgIpc) is 3.93. The SMILES string of the molecule is CC1(C)C[C@@H]2C(=Cc3ccc(C(=O)O[C@@H]4CC(C(=O)NCCO)=C[C@H]5OC(C6CC6)(C6CC6)O[C@H]54)cc3)CCC3O[C@]3(C)CC[C@H]21. The minimum atomic E-state index is -0.647. The first kappa shape index (κ1) is 30.8. The van der Waals surface area contributed by atoms with Gasteiger partial charge in [0.1, 0.15) is 18.3 Å². The van der Waals surface area contributed by atoms with E-state index in [-0.39, 0.29) is 31.1 Å². The summed E-state index contributed by atoms with van der Waals surface area (Å²) in [4.78, 5) is 26.5. The number of epoxide rings is 1. The molecule has 8 rings (SSSR count). The second kappa shape index (κ2) is 11.3. The highest BCUT2D eigenvalue weighted by molar-refractivity contribution is 5.94. The van der Waals surface area contributed by atoms with Gasteiger partial charge in [0.2, 0.25) is 5.91 Å². The summed E-state index contributed by atoms with van der Waals surface area (Å²) in [5, 5.41) is 12.0. The summed E-state index contributed by atoms with van der Waals surface area (Å²) >= 11 is 0. The third-order valence-electron chi connectivity index (χ3n) is 12.3. The Kier molecular flexibility index (Phi) is 7.55. The second-order valence-corrected chi connectivity index (χ2v) is 16.0. The molecule has 0 aromatic heterocycles. The van der Waals surface area contributed by atoms with Crippen molar-refractivity contribution in [2.75, 3.05) is 13.2 Å². The summed E-state index contributed by atoms with van der Waals surface area (Å²) in [6, 6.07) is 7.74. The molecule has 0 radical (unpaired) electrons. The molecule has 7 aliphatic rings. The fraction of sp³-hybridized carbons (Fsp3) is 0.684. The zero-order chi connectivity index (χ0) is 31.8. The quantitative estimate of drug-likeness (QED) is 0.279. The third kappa shape index (κ3) is 5.57. The van der Waals surface area contributed by atoms with Crippen molar-refractivity contribution < 1.29 is 33.6 Å². The van der Waals surface area contributed by atoms with Gasteiger partial charge in [0.25, 0.3) is 0 Å². The third-order valence-corrected chi connectivity index (χ3v) is 12.3. The summed E-state index contributed by atoms with van der Waals surface area (Å²) in [5.41, 5.74) is 4.03. The van der Waals surface area contributed by atoms with Crippen LogP contribution in [0.4, 0.5) is 0 Å². The Morgan fingerprint density at radius 3 is 2.41 bits per heavy atom. The van der Waals surface area contributed by atoms with Crippen LogP contribution in [0.15, 0.2) is 41.5 Å². The molecule has 6 fully saturated rings. The van der Waals surface area contributed by atoms with Crippen molar-refractivity contribution in [3.8, 4) is 0 Å². The van der Waals surface area contributed by atoms with Gasteiger partial charge in [0.05, 0.1) is 23.9 Å². The maximum absolute atomic E-state index is 13.6. The van der Waals surface area contributed by atoms with E-state index in [0.29, 0.717) is 46.3 Å². The van der Waals surface area contributed by atoms with E-state index in [1.54, 1.807) is 0 Å². The molecule has 2 saturated heterocycles. The summed E-state index contributed by atoms with van der Waals surface area (Å²) in [5.74, 6) is 0.664. The summed E-state index contributed by atoms with van der Waals surface area (Å²) in [6.45, 7) is 7.12. The molecule has 7 atom stereocenters. The number of benzene rings is 1. The van der Waals surface area contributed by atoms with Crippen LogP contribution in [-0.2, 0) is 23.7 Å². The van der Waals surface area contributed by atoms with Gasteiger partial charge in [0.15, 0.2) is 5.79 Å². The Morgan fingerprint density at radius 1 is 1.00 bits per heavy atom. The number of aliphatic hydroxyl groups is 1. The van der Waals surface area contributed by atoms with Gasteiger partial charge in [-0.1, -0.05) is 37.6 Å². The lowest BCUT2D eigenvalue weighted by molar-refractivity contribution is -0.209. The van der Waals surface area contributed by atoms with Crippen LogP contribution in [0.25, 0.3) is 6.08 Å². The Labute approximate surface area is 272 Å². The fourth-order valence-electron chi connectivity index (χ4n) is 9.19. The lowest BCUT2D eigenvalue weighted by Gasteiger charge is -2.53. The molecule has 1 aromatic carbocycles. The maximum Gasteiger partial charge on any atom is 0.338 e. The number of carbonyl (C=O) groups excluding carboxylic acids is 2. The number of aliphatic hydroxyl groups excluding tert-OH is 1. The second-order valence-electron chi connectivity index (χ2n) is 16.0. The number of carbonyl (C=O) groups is 2. The molecule has 8 nitrogen and oxygen atoms in total. The first-order chi connectivity index (χ1) is 22.1. The molecule has 1 aromatic rings. The lowest BCUT2D eigenvalue weighted by Crippen LogP contribution is -2.45. The molecular formula is C38H49NO7. The monoisotopic (exact) mass is 631 g/mol. The number of esters is 1. The number of hydrogen-bond acceptors (Lipinski definition) is 7. The number of ether oxygens (including phenoxy) is 4. The smallest absolute Gasteiger partial charge is 0.338 e. The van der Waals surface area contributed by atoms with E-state index < -0.39 is 30.1 Å². The molecule has 2 heterocycles. The Balaban J connectivity index is 0.985. The predicted octanol–water partition coefficient (Wildman–Crippen LogP) is 5.73. The van der Waals surface area contributed by atoms with Crippen molar-refractivity contribution in [2.24, 2.45) is 29.1 Å². The molecule has 8 heteroatoms. The van der Waals surface area contributed by atoms with Gasteiger partial charge in [-0.2, -0.15) is 0 Å². The summed E-state index contributed by atoms with van der Waals surface area (Å²) < 4.78 is 25.6. The fourth-order valence-corrected chi connectivity index (χ4v) is 9.19. The maximum atomic E-state index is 13.6. The van der Waals surface area contributed by atoms with Crippen LogP contribution >= 0.6 is 0 Å². The minimum absolute atomic E-state index is 0.0682. The number of nitrogens with one attached hydrogen (secondary N) is 1. The highest BCUT2D eigenvalue weighted by Gasteiger charge is 2.64. The van der Waals surface area contributed by atoms with E-state index in [9.17, 15) is 14.7 Å². The molecule has 1 amide bonds. The molecule has 248 valence electrons. The number of fused-ring (bicyclic) bond motifs is 3. The van der Waals surface area contributed by atoms with Crippen molar-refractivity contribution in [1.29, 1.82) is 0 Å². The Hall–Kier alpha value is -2.52. The van der Waals surface area contributed by atoms with Crippen LogP contribution in [0, 0.1) is 29.1 Å². The molecular weight excluding hydrogens is 582 g/mol. The van der Waals surface area contributed by atoms with Gasteiger partial charge in [0, 0.05) is 30.4 Å². The van der Waals surface area contributed by atoms with Crippen LogP contribution in [-0.4, -0.2) is 65.9 Å². The van der Waals surface area contributed by atoms with Gasteiger partial charge in [-0.05, 0) is 106 Å². The van der Waals surface area contributed by atoms with E-state index >= 15 is 0 Å². The van der Waals surface area contributed by atoms with Crippen molar-refractivity contribution in [2.45, 2.75) is 121 Å². The predicted molar refractivity (Wildman–Crippen MR) is 171 cm³/mol. The van der Waals surface area contributed by atoms with Crippen molar-refractivity contribution in [3.63, 3.8) is 0 Å². The van der Waals surface area contributed by atoms with Crippen molar-refractivity contribution in [1.82, 2.24) is 5.32 Å². The van der Waals surface area contributed by atoms with Crippen LogP contribution in [0.5, 0.6) is 0 Å². The summed E-state index contributed by atoms with van der Waals surface area (Å²) in [7, 11) is 0. The van der Waals surface area contributed by atoms with Crippen LogP contribution < -0.4 is 5.32 Å². The molecule has 0 spiro atoms. The first-order valence-corrected chi connectivity index (χ1v) is 17.7. The van der Waals surface area contributed by atoms with E-state index in [1.807, 2.05) is 30.3 Å². The van der Waals surface area contributed by atoms with E-state index in [1.165, 1.54) is 18.4 Å². The number of rotatable bonds is 8. The molecule has 5 aliphatic carbocycles. The minimum Gasteiger partial charge on any atom is -0.456 e. The largest absolute Gasteiger partial charge is 0.456 e. The molecule has 0 bridgehead atoms. The Bertz CT molecular complexity index is 1430. The Morgan fingerprint density at radius 2 is 1.74 bits per heavy atom. The lowest BCUT2D eigenvalue weighted by atomic mass is 9.52. The number of amides is 1. The van der Waals surface area contributed by atoms with Gasteiger partial charge in [-0.15, -0.1) is 0 Å². The van der Waals surface area contributed by atoms with E-state index in [4.69, 9.17) is 18.9 Å². The summed E-state index contributed by atoms with van der Waals surface area (Å²) in [6.07, 6.45) is 13.3. The van der Waals surface area contributed by atoms with Gasteiger partial charge >= 0.3 is 5.97 Å². The average molecular weight is 632 g/mol. The van der Waals surface area contributed by atoms with Gasteiger partial charge < -0.3 is 29.4 Å². The zero-order valence-corrected chi connectivity index (χ0v) is 27.5. The topological polar surface area (TPSA) is 107 Å². The van der Waals surface area contributed by atoms with Crippen LogP contribution in [0.1, 0.15) is 101 Å². The van der Waals surface area contributed by atoms with Crippen molar-refractivity contribution in [3.05, 3.63) is 52.6 Å². The van der Waals surface area contributed by atoms with Gasteiger partial charge in [-0.25, -0.2) is 4.79 Å². The van der Waals surface area contributed by atoms with Crippen LogP contribution in [0.3, 0.4) is 0 Å². The highest BCUT2D eigenvalue weighted by atomic mass is 16.8. The normalized spacial score (nSPS) is 38.1. The van der Waals surface area contributed by atoms with Crippen molar-refractivity contribution >= 4 is 18.0 Å². The van der Waals surface area contributed by atoms with Crippen LogP contribution in [0.2, 0.25) is 0 Å². The number of hydrogen-bond donors (Lipinski definition) is 2. The zero-order valence-electron chi connectivity index (χ0n) is 27.5. The van der Waals surface area contributed by atoms with Gasteiger partial charge in [-0.3, -0.25) is 4.79 Å².